The van der Waals surface area contributed by atoms with Crippen molar-refractivity contribution in [3.05, 3.63) is 57.3 Å². The second-order valence-corrected chi connectivity index (χ2v) is 7.79. The normalized spacial score (nSPS) is 15.7. The van der Waals surface area contributed by atoms with Crippen LogP contribution in [0.5, 0.6) is 0 Å². The standard InChI is InChI=1S/C20H26F2N2OS/c1-16-5-12-26-20(16)15-24(7-2-6-23-8-10-25-11-9-23)14-17-3-4-18(21)19(22)13-17/h3-5,12-13H,2,6-11,14-15H2,1H3. The van der Waals surface area contributed by atoms with E-state index in [1.54, 1.807) is 17.4 Å². The molecule has 1 aliphatic heterocycles. The first-order valence-corrected chi connectivity index (χ1v) is 9.99. The Morgan fingerprint density at radius 3 is 2.62 bits per heavy atom. The molecular formula is C20H26F2N2OS. The Labute approximate surface area is 158 Å². The van der Waals surface area contributed by atoms with Crippen LogP contribution >= 0.6 is 11.3 Å². The lowest BCUT2D eigenvalue weighted by atomic mass is 10.2. The summed E-state index contributed by atoms with van der Waals surface area (Å²) < 4.78 is 32.1. The first kappa shape index (κ1) is 19.4. The number of thiophene rings is 1. The molecule has 1 fully saturated rings. The fraction of sp³-hybridized carbons (Fsp3) is 0.500. The smallest absolute Gasteiger partial charge is 0.159 e. The number of ether oxygens (including phenoxy) is 1. The Hall–Kier alpha value is -1.34. The molecule has 3 rings (SSSR count). The average molecular weight is 381 g/mol. The molecule has 1 saturated heterocycles. The molecule has 2 aromatic rings. The molecule has 1 aromatic heterocycles. The van der Waals surface area contributed by atoms with Gasteiger partial charge >= 0.3 is 0 Å². The van der Waals surface area contributed by atoms with Crippen molar-refractivity contribution >= 4 is 11.3 Å². The van der Waals surface area contributed by atoms with Gasteiger partial charge in [0.1, 0.15) is 0 Å². The topological polar surface area (TPSA) is 15.7 Å². The molecule has 0 amide bonds. The van der Waals surface area contributed by atoms with Gasteiger partial charge in [-0.2, -0.15) is 0 Å². The lowest BCUT2D eigenvalue weighted by Crippen LogP contribution is -2.38. The molecule has 26 heavy (non-hydrogen) atoms. The second-order valence-electron chi connectivity index (χ2n) is 6.79. The van der Waals surface area contributed by atoms with Gasteiger partial charge in [-0.3, -0.25) is 9.80 Å². The Kier molecular flexibility index (Phi) is 7.14. The molecular weight excluding hydrogens is 354 g/mol. The Balaban J connectivity index is 1.60. The molecule has 142 valence electrons. The highest BCUT2D eigenvalue weighted by molar-refractivity contribution is 7.10. The highest BCUT2D eigenvalue weighted by atomic mass is 32.1. The first-order valence-electron chi connectivity index (χ1n) is 9.11. The Morgan fingerprint density at radius 2 is 1.92 bits per heavy atom. The fourth-order valence-corrected chi connectivity index (χ4v) is 4.17. The van der Waals surface area contributed by atoms with E-state index in [2.05, 4.69) is 28.2 Å². The third kappa shape index (κ3) is 5.58. The maximum absolute atomic E-state index is 13.6. The van der Waals surface area contributed by atoms with Gasteiger partial charge in [0.15, 0.2) is 11.6 Å². The van der Waals surface area contributed by atoms with E-state index in [1.807, 2.05) is 0 Å². The van der Waals surface area contributed by atoms with Crippen LogP contribution in [0.25, 0.3) is 0 Å². The zero-order valence-electron chi connectivity index (χ0n) is 15.2. The van der Waals surface area contributed by atoms with Gasteiger partial charge in [0.05, 0.1) is 13.2 Å². The van der Waals surface area contributed by atoms with Crippen LogP contribution in [-0.4, -0.2) is 49.2 Å². The molecule has 1 aliphatic rings. The zero-order chi connectivity index (χ0) is 18.4. The molecule has 0 bridgehead atoms. The van der Waals surface area contributed by atoms with E-state index in [4.69, 9.17) is 4.74 Å². The molecule has 6 heteroatoms. The van der Waals surface area contributed by atoms with E-state index in [9.17, 15) is 8.78 Å². The number of aryl methyl sites for hydroxylation is 1. The van der Waals surface area contributed by atoms with Crippen LogP contribution in [0.1, 0.15) is 22.4 Å². The fourth-order valence-electron chi connectivity index (χ4n) is 3.22. The van der Waals surface area contributed by atoms with E-state index in [0.29, 0.717) is 6.54 Å². The van der Waals surface area contributed by atoms with E-state index >= 15 is 0 Å². The van der Waals surface area contributed by atoms with Gasteiger partial charge in [0.2, 0.25) is 0 Å². The van der Waals surface area contributed by atoms with Crippen LogP contribution in [0.15, 0.2) is 29.6 Å². The predicted molar refractivity (Wildman–Crippen MR) is 101 cm³/mol. The number of morpholine rings is 1. The molecule has 0 N–H and O–H groups in total. The molecule has 2 heterocycles. The average Bonchev–Trinajstić information content (AvgIpc) is 3.04. The van der Waals surface area contributed by atoms with Gasteiger partial charge < -0.3 is 4.74 Å². The number of hydrogen-bond acceptors (Lipinski definition) is 4. The number of rotatable bonds is 8. The van der Waals surface area contributed by atoms with Gasteiger partial charge in [0.25, 0.3) is 0 Å². The summed E-state index contributed by atoms with van der Waals surface area (Å²) in [6.45, 7) is 9.16. The van der Waals surface area contributed by atoms with Crippen molar-refractivity contribution in [1.82, 2.24) is 9.80 Å². The summed E-state index contributed by atoms with van der Waals surface area (Å²) in [5.41, 5.74) is 2.10. The summed E-state index contributed by atoms with van der Waals surface area (Å²) in [6, 6.07) is 6.33. The van der Waals surface area contributed by atoms with Gasteiger partial charge in [0, 0.05) is 37.6 Å². The molecule has 1 aromatic carbocycles. The third-order valence-electron chi connectivity index (χ3n) is 4.78. The largest absolute Gasteiger partial charge is 0.379 e. The highest BCUT2D eigenvalue weighted by Crippen LogP contribution is 2.20. The number of nitrogens with zero attached hydrogens (tertiary/aromatic N) is 2. The van der Waals surface area contributed by atoms with Crippen LogP contribution in [0.3, 0.4) is 0 Å². The molecule has 0 unspecified atom stereocenters. The molecule has 0 spiro atoms. The van der Waals surface area contributed by atoms with Crippen LogP contribution in [0, 0.1) is 18.6 Å². The molecule has 0 atom stereocenters. The summed E-state index contributed by atoms with van der Waals surface area (Å²) in [5.74, 6) is -1.57. The number of hydrogen-bond donors (Lipinski definition) is 0. The van der Waals surface area contributed by atoms with Gasteiger partial charge in [-0.1, -0.05) is 6.07 Å². The third-order valence-corrected chi connectivity index (χ3v) is 5.79. The Morgan fingerprint density at radius 1 is 1.12 bits per heavy atom. The van der Waals surface area contributed by atoms with Crippen LogP contribution in [0.4, 0.5) is 8.78 Å². The summed E-state index contributed by atoms with van der Waals surface area (Å²) in [4.78, 5) is 6.08. The SMILES string of the molecule is Cc1ccsc1CN(CCCN1CCOCC1)Cc1ccc(F)c(F)c1. The minimum absolute atomic E-state index is 0.623. The lowest BCUT2D eigenvalue weighted by Gasteiger charge is -2.28. The van der Waals surface area contributed by atoms with Gasteiger partial charge in [-0.15, -0.1) is 11.3 Å². The van der Waals surface area contributed by atoms with Crippen LogP contribution in [-0.2, 0) is 17.8 Å². The van der Waals surface area contributed by atoms with E-state index in [0.717, 1.165) is 57.9 Å². The molecule has 0 radical (unpaired) electrons. The van der Waals surface area contributed by atoms with Crippen molar-refractivity contribution in [2.24, 2.45) is 0 Å². The summed E-state index contributed by atoms with van der Waals surface area (Å²) >= 11 is 1.75. The maximum Gasteiger partial charge on any atom is 0.159 e. The monoisotopic (exact) mass is 380 g/mol. The number of halogens is 2. The zero-order valence-corrected chi connectivity index (χ0v) is 16.0. The van der Waals surface area contributed by atoms with Crippen molar-refractivity contribution < 1.29 is 13.5 Å². The second kappa shape index (κ2) is 9.55. The van der Waals surface area contributed by atoms with Gasteiger partial charge in [-0.05, 0) is 54.6 Å². The van der Waals surface area contributed by atoms with Crippen LogP contribution < -0.4 is 0 Å². The lowest BCUT2D eigenvalue weighted by molar-refractivity contribution is 0.0359. The summed E-state index contributed by atoms with van der Waals surface area (Å²) in [5, 5.41) is 2.11. The first-order chi connectivity index (χ1) is 12.6. The van der Waals surface area contributed by atoms with Crippen molar-refractivity contribution in [3.8, 4) is 0 Å². The van der Waals surface area contributed by atoms with Gasteiger partial charge in [-0.25, -0.2) is 8.78 Å². The molecule has 0 aliphatic carbocycles. The predicted octanol–water partition coefficient (Wildman–Crippen LogP) is 4.06. The van der Waals surface area contributed by atoms with Crippen molar-refractivity contribution in [3.63, 3.8) is 0 Å². The minimum atomic E-state index is -0.790. The molecule has 0 saturated carbocycles. The van der Waals surface area contributed by atoms with Crippen molar-refractivity contribution in [2.45, 2.75) is 26.4 Å². The van der Waals surface area contributed by atoms with E-state index in [-0.39, 0.29) is 0 Å². The van der Waals surface area contributed by atoms with E-state index < -0.39 is 11.6 Å². The van der Waals surface area contributed by atoms with E-state index in [1.165, 1.54) is 22.6 Å². The summed E-state index contributed by atoms with van der Waals surface area (Å²) in [7, 11) is 0. The van der Waals surface area contributed by atoms with Crippen molar-refractivity contribution in [2.75, 3.05) is 39.4 Å². The quantitative estimate of drug-likeness (QED) is 0.687. The summed E-state index contributed by atoms with van der Waals surface area (Å²) in [6.07, 6.45) is 1.05. The molecule has 3 nitrogen and oxygen atoms in total. The Bertz CT molecular complexity index is 701. The highest BCUT2D eigenvalue weighted by Gasteiger charge is 2.14. The van der Waals surface area contributed by atoms with Crippen LogP contribution in [0.2, 0.25) is 0 Å². The van der Waals surface area contributed by atoms with Crippen molar-refractivity contribution in [1.29, 1.82) is 0 Å². The maximum atomic E-state index is 13.6. The minimum Gasteiger partial charge on any atom is -0.379 e. The number of benzene rings is 1.